The maximum absolute atomic E-state index is 11.9. The molecule has 7 heteroatoms. The van der Waals surface area contributed by atoms with E-state index in [2.05, 4.69) is 10.3 Å². The van der Waals surface area contributed by atoms with Crippen molar-refractivity contribution >= 4 is 23.1 Å². The summed E-state index contributed by atoms with van der Waals surface area (Å²) >= 11 is 0. The third-order valence-corrected chi connectivity index (χ3v) is 2.62. The number of anilines is 1. The third kappa shape index (κ3) is 1.69. The smallest absolute Gasteiger partial charge is 0.310 e. The summed E-state index contributed by atoms with van der Waals surface area (Å²) in [5.41, 5.74) is -0.372. The first-order valence-electron chi connectivity index (χ1n) is 5.06. The van der Waals surface area contributed by atoms with Gasteiger partial charge in [0.2, 0.25) is 5.91 Å². The Balaban J connectivity index is 2.90. The summed E-state index contributed by atoms with van der Waals surface area (Å²) in [7, 11) is 2.86. The molecule has 0 spiro atoms. The van der Waals surface area contributed by atoms with Crippen molar-refractivity contribution in [3.8, 4) is 0 Å². The fraction of sp³-hybridized carbons (Fsp3) is 0.400. The zero-order valence-electron chi connectivity index (χ0n) is 9.77. The second kappa shape index (κ2) is 3.69. The van der Waals surface area contributed by atoms with Crippen LogP contribution < -0.4 is 16.6 Å². The molecule has 0 bridgehead atoms. The van der Waals surface area contributed by atoms with E-state index < -0.39 is 11.2 Å². The van der Waals surface area contributed by atoms with Crippen LogP contribution in [-0.4, -0.2) is 20.8 Å². The molecule has 0 fully saturated rings. The Bertz CT molecular complexity index is 651. The Kier molecular flexibility index (Phi) is 2.45. The zero-order chi connectivity index (χ0) is 12.7. The van der Waals surface area contributed by atoms with Gasteiger partial charge in [-0.05, 0) is 6.92 Å². The van der Waals surface area contributed by atoms with Crippen LogP contribution in [0.4, 0.5) is 11.5 Å². The van der Waals surface area contributed by atoms with E-state index in [0.717, 1.165) is 4.57 Å². The SMILES string of the molecule is CC1=Nc2c(n(C)c(=O)n(C)c2=O)NC(=O)C1. The number of amides is 1. The lowest BCUT2D eigenvalue weighted by molar-refractivity contribution is -0.115. The number of carbonyl (C=O) groups excluding carboxylic acids is 1. The zero-order valence-corrected chi connectivity index (χ0v) is 9.77. The lowest BCUT2D eigenvalue weighted by atomic mass is 10.3. The molecule has 90 valence electrons. The summed E-state index contributed by atoms with van der Waals surface area (Å²) in [5.74, 6) is -0.131. The number of carbonyl (C=O) groups is 1. The first kappa shape index (κ1) is 11.3. The largest absolute Gasteiger partial charge is 0.332 e. The van der Waals surface area contributed by atoms with Crippen LogP contribution in [0.2, 0.25) is 0 Å². The van der Waals surface area contributed by atoms with Crippen molar-refractivity contribution in [2.45, 2.75) is 13.3 Å². The number of aliphatic imine (C=N–C) groups is 1. The Morgan fingerprint density at radius 2 is 1.82 bits per heavy atom. The number of nitrogens with zero attached hydrogens (tertiary/aromatic N) is 3. The molecule has 0 atom stereocenters. The van der Waals surface area contributed by atoms with Gasteiger partial charge in [0.05, 0.1) is 6.42 Å². The van der Waals surface area contributed by atoms with Gasteiger partial charge in [-0.15, -0.1) is 0 Å². The van der Waals surface area contributed by atoms with Crippen molar-refractivity contribution in [2.24, 2.45) is 19.1 Å². The van der Waals surface area contributed by atoms with Crippen molar-refractivity contribution in [3.05, 3.63) is 20.8 Å². The molecule has 0 aliphatic carbocycles. The molecule has 1 aromatic heterocycles. The predicted molar refractivity (Wildman–Crippen MR) is 62.9 cm³/mol. The first-order chi connectivity index (χ1) is 7.91. The van der Waals surface area contributed by atoms with Crippen LogP contribution in [0.5, 0.6) is 0 Å². The van der Waals surface area contributed by atoms with Crippen molar-refractivity contribution < 1.29 is 4.79 Å². The molecule has 1 amide bonds. The van der Waals surface area contributed by atoms with Crippen molar-refractivity contribution in [2.75, 3.05) is 5.32 Å². The van der Waals surface area contributed by atoms with E-state index in [1.54, 1.807) is 6.92 Å². The van der Waals surface area contributed by atoms with E-state index in [1.807, 2.05) is 0 Å². The summed E-state index contributed by atoms with van der Waals surface area (Å²) in [5, 5.41) is 2.53. The Morgan fingerprint density at radius 1 is 1.18 bits per heavy atom. The van der Waals surface area contributed by atoms with Gasteiger partial charge in [-0.3, -0.25) is 18.7 Å². The minimum Gasteiger partial charge on any atom is -0.310 e. The fourth-order valence-corrected chi connectivity index (χ4v) is 1.71. The number of aromatic nitrogens is 2. The van der Waals surface area contributed by atoms with Crippen LogP contribution in [0.25, 0.3) is 0 Å². The van der Waals surface area contributed by atoms with E-state index in [0.29, 0.717) is 5.71 Å². The normalized spacial score (nSPS) is 14.8. The van der Waals surface area contributed by atoms with Gasteiger partial charge >= 0.3 is 5.69 Å². The van der Waals surface area contributed by atoms with Gasteiger partial charge in [0, 0.05) is 19.8 Å². The number of hydrogen-bond donors (Lipinski definition) is 1. The van der Waals surface area contributed by atoms with E-state index in [-0.39, 0.29) is 23.8 Å². The maximum Gasteiger partial charge on any atom is 0.332 e. The van der Waals surface area contributed by atoms with Crippen LogP contribution in [0.1, 0.15) is 13.3 Å². The van der Waals surface area contributed by atoms with E-state index in [1.165, 1.54) is 18.7 Å². The molecule has 1 aliphatic rings. The fourth-order valence-electron chi connectivity index (χ4n) is 1.71. The number of fused-ring (bicyclic) bond motifs is 1. The average Bonchev–Trinajstić information content (AvgIpc) is 2.42. The quantitative estimate of drug-likeness (QED) is 0.660. The van der Waals surface area contributed by atoms with Gasteiger partial charge < -0.3 is 5.32 Å². The molecule has 2 rings (SSSR count). The molecule has 7 nitrogen and oxygen atoms in total. The van der Waals surface area contributed by atoms with Crippen molar-refractivity contribution in [3.63, 3.8) is 0 Å². The van der Waals surface area contributed by atoms with Gasteiger partial charge in [-0.1, -0.05) is 0 Å². The number of hydrogen-bond acceptors (Lipinski definition) is 4. The van der Waals surface area contributed by atoms with E-state index in [9.17, 15) is 14.4 Å². The van der Waals surface area contributed by atoms with Crippen LogP contribution in [0.3, 0.4) is 0 Å². The van der Waals surface area contributed by atoms with Crippen LogP contribution in [0.15, 0.2) is 14.6 Å². The lowest BCUT2D eigenvalue weighted by Crippen LogP contribution is -2.38. The van der Waals surface area contributed by atoms with Gasteiger partial charge in [0.25, 0.3) is 5.56 Å². The molecular weight excluding hydrogens is 224 g/mol. The highest BCUT2D eigenvalue weighted by atomic mass is 16.2. The van der Waals surface area contributed by atoms with Gasteiger partial charge in [0.15, 0.2) is 5.69 Å². The Morgan fingerprint density at radius 3 is 2.47 bits per heavy atom. The highest BCUT2D eigenvalue weighted by molar-refractivity contribution is 6.09. The maximum atomic E-state index is 11.9. The molecule has 17 heavy (non-hydrogen) atoms. The second-order valence-electron chi connectivity index (χ2n) is 3.98. The van der Waals surface area contributed by atoms with Gasteiger partial charge in [-0.25, -0.2) is 9.79 Å². The van der Waals surface area contributed by atoms with Crippen molar-refractivity contribution in [1.29, 1.82) is 0 Å². The summed E-state index contributed by atoms with van der Waals surface area (Å²) in [6, 6.07) is 0. The Hall–Kier alpha value is -2.18. The van der Waals surface area contributed by atoms with Gasteiger partial charge in [-0.2, -0.15) is 0 Å². The minimum atomic E-state index is -0.510. The van der Waals surface area contributed by atoms with Crippen LogP contribution in [0, 0.1) is 0 Å². The van der Waals surface area contributed by atoms with E-state index >= 15 is 0 Å². The average molecular weight is 236 g/mol. The molecule has 1 aromatic rings. The minimum absolute atomic E-state index is 0.0953. The van der Waals surface area contributed by atoms with Crippen LogP contribution >= 0.6 is 0 Å². The third-order valence-electron chi connectivity index (χ3n) is 2.62. The molecule has 0 unspecified atom stereocenters. The summed E-state index contributed by atoms with van der Waals surface area (Å²) < 4.78 is 2.17. The molecule has 0 saturated carbocycles. The molecule has 2 heterocycles. The van der Waals surface area contributed by atoms with Crippen molar-refractivity contribution in [1.82, 2.24) is 9.13 Å². The predicted octanol–water partition coefficient (Wildman–Crippen LogP) is -0.481. The summed E-state index contributed by atoms with van der Waals surface area (Å²) in [6.45, 7) is 1.67. The second-order valence-corrected chi connectivity index (χ2v) is 3.98. The van der Waals surface area contributed by atoms with Gasteiger partial charge in [0.1, 0.15) is 5.82 Å². The number of nitrogens with one attached hydrogen (secondary N) is 1. The molecular formula is C10H12N4O3. The molecule has 0 radical (unpaired) electrons. The topological polar surface area (TPSA) is 85.5 Å². The van der Waals surface area contributed by atoms with Crippen LogP contribution in [-0.2, 0) is 18.9 Å². The standard InChI is InChI=1S/C10H12N4O3/c1-5-4-6(15)12-8-7(11-5)9(16)14(3)10(17)13(8)2/h4H2,1-3H3,(H,12,15). The highest BCUT2D eigenvalue weighted by Crippen LogP contribution is 2.21. The summed E-state index contributed by atoms with van der Waals surface area (Å²) in [6.07, 6.45) is 0.117. The first-order valence-corrected chi connectivity index (χ1v) is 5.06. The molecule has 0 aromatic carbocycles. The Labute approximate surface area is 96.4 Å². The highest BCUT2D eigenvalue weighted by Gasteiger charge is 2.20. The molecule has 0 saturated heterocycles. The molecule has 1 aliphatic heterocycles. The summed E-state index contributed by atoms with van der Waals surface area (Å²) in [4.78, 5) is 39.2. The monoisotopic (exact) mass is 236 g/mol. The number of rotatable bonds is 0. The molecule has 1 N–H and O–H groups in total. The lowest BCUT2D eigenvalue weighted by Gasteiger charge is -2.11. The van der Waals surface area contributed by atoms with E-state index in [4.69, 9.17) is 0 Å².